The van der Waals surface area contributed by atoms with Crippen molar-refractivity contribution in [2.75, 3.05) is 6.54 Å². The quantitative estimate of drug-likeness (QED) is 0.831. The van der Waals surface area contributed by atoms with E-state index in [2.05, 4.69) is 15.9 Å². The predicted molar refractivity (Wildman–Crippen MR) is 85.1 cm³/mol. The Kier molecular flexibility index (Phi) is 4.94. The van der Waals surface area contributed by atoms with Crippen molar-refractivity contribution in [3.63, 3.8) is 0 Å². The molecule has 1 aliphatic rings. The summed E-state index contributed by atoms with van der Waals surface area (Å²) in [5, 5.41) is 9.94. The standard InChI is InChI=1S/C16H22BrNO3/c1-16(2,3)21-15(20)18-9-8-13(19)10-14(18)11-4-6-12(17)7-5-11/h4-7,13-14,19H,8-10H2,1-3H3. The Hall–Kier alpha value is -1.07. The number of rotatable bonds is 1. The van der Waals surface area contributed by atoms with Gasteiger partial charge in [0.2, 0.25) is 0 Å². The van der Waals surface area contributed by atoms with Gasteiger partial charge >= 0.3 is 6.09 Å². The highest BCUT2D eigenvalue weighted by molar-refractivity contribution is 9.10. The number of ether oxygens (including phenoxy) is 1. The molecule has 4 nitrogen and oxygen atoms in total. The molecule has 116 valence electrons. The summed E-state index contributed by atoms with van der Waals surface area (Å²) in [6.45, 7) is 6.09. The Balaban J connectivity index is 2.21. The Morgan fingerprint density at radius 1 is 1.33 bits per heavy atom. The first kappa shape index (κ1) is 16.3. The fourth-order valence-electron chi connectivity index (χ4n) is 2.49. The Morgan fingerprint density at radius 2 is 1.95 bits per heavy atom. The van der Waals surface area contributed by atoms with Crippen molar-refractivity contribution in [1.29, 1.82) is 0 Å². The van der Waals surface area contributed by atoms with Crippen molar-refractivity contribution in [2.45, 2.75) is 51.4 Å². The number of benzene rings is 1. The first-order valence-electron chi connectivity index (χ1n) is 7.19. The summed E-state index contributed by atoms with van der Waals surface area (Å²) in [5.74, 6) is 0. The summed E-state index contributed by atoms with van der Waals surface area (Å²) < 4.78 is 6.48. The molecule has 1 amide bonds. The molecule has 0 aromatic heterocycles. The number of hydrogen-bond acceptors (Lipinski definition) is 3. The van der Waals surface area contributed by atoms with E-state index in [1.165, 1.54) is 0 Å². The van der Waals surface area contributed by atoms with Crippen molar-refractivity contribution in [1.82, 2.24) is 4.90 Å². The minimum Gasteiger partial charge on any atom is -0.444 e. The SMILES string of the molecule is CC(C)(C)OC(=O)N1CCC(O)CC1c1ccc(Br)cc1. The van der Waals surface area contributed by atoms with Gasteiger partial charge in [-0.15, -0.1) is 0 Å². The van der Waals surface area contributed by atoms with Crippen LogP contribution >= 0.6 is 15.9 Å². The van der Waals surface area contributed by atoms with E-state index < -0.39 is 5.60 Å². The summed E-state index contributed by atoms with van der Waals surface area (Å²) >= 11 is 3.41. The van der Waals surface area contributed by atoms with E-state index in [9.17, 15) is 9.90 Å². The molecule has 1 aromatic rings. The van der Waals surface area contributed by atoms with E-state index in [-0.39, 0.29) is 18.2 Å². The van der Waals surface area contributed by atoms with Crippen LogP contribution in [0.3, 0.4) is 0 Å². The molecule has 1 fully saturated rings. The molecule has 1 saturated heterocycles. The number of hydrogen-bond donors (Lipinski definition) is 1. The second kappa shape index (κ2) is 6.36. The highest BCUT2D eigenvalue weighted by Crippen LogP contribution is 2.33. The fourth-order valence-corrected chi connectivity index (χ4v) is 2.75. The van der Waals surface area contributed by atoms with Crippen molar-refractivity contribution < 1.29 is 14.6 Å². The van der Waals surface area contributed by atoms with Crippen LogP contribution in [-0.4, -0.2) is 34.3 Å². The third-order valence-electron chi connectivity index (χ3n) is 3.46. The maximum Gasteiger partial charge on any atom is 0.410 e. The monoisotopic (exact) mass is 355 g/mol. The van der Waals surface area contributed by atoms with E-state index in [1.807, 2.05) is 45.0 Å². The highest BCUT2D eigenvalue weighted by Gasteiger charge is 2.34. The largest absolute Gasteiger partial charge is 0.444 e. The zero-order valence-electron chi connectivity index (χ0n) is 12.7. The minimum atomic E-state index is -0.516. The molecule has 0 saturated carbocycles. The number of aliphatic hydroxyl groups excluding tert-OH is 1. The topological polar surface area (TPSA) is 49.8 Å². The van der Waals surface area contributed by atoms with Crippen LogP contribution in [0.5, 0.6) is 0 Å². The molecule has 0 aliphatic carbocycles. The van der Waals surface area contributed by atoms with Gasteiger partial charge in [-0.25, -0.2) is 4.79 Å². The zero-order valence-corrected chi connectivity index (χ0v) is 14.3. The number of carbonyl (C=O) groups excluding carboxylic acids is 1. The average molecular weight is 356 g/mol. The zero-order chi connectivity index (χ0) is 15.6. The molecular weight excluding hydrogens is 334 g/mol. The summed E-state index contributed by atoms with van der Waals surface area (Å²) in [6, 6.07) is 7.71. The van der Waals surface area contributed by atoms with Crippen molar-refractivity contribution in [3.8, 4) is 0 Å². The smallest absolute Gasteiger partial charge is 0.410 e. The lowest BCUT2D eigenvalue weighted by atomic mass is 9.94. The number of nitrogens with zero attached hydrogens (tertiary/aromatic N) is 1. The van der Waals surface area contributed by atoms with Crippen molar-refractivity contribution >= 4 is 22.0 Å². The number of likely N-dealkylation sites (tertiary alicyclic amines) is 1. The molecule has 1 aliphatic heterocycles. The molecule has 5 heteroatoms. The van der Waals surface area contributed by atoms with Crippen LogP contribution in [0.2, 0.25) is 0 Å². The molecule has 2 rings (SSSR count). The van der Waals surface area contributed by atoms with Crippen molar-refractivity contribution in [2.24, 2.45) is 0 Å². The number of halogens is 1. The third kappa shape index (κ3) is 4.45. The molecule has 1 heterocycles. The lowest BCUT2D eigenvalue weighted by Crippen LogP contribution is -2.44. The number of carbonyl (C=O) groups is 1. The van der Waals surface area contributed by atoms with Gasteiger partial charge in [-0.1, -0.05) is 28.1 Å². The maximum atomic E-state index is 12.4. The van der Waals surface area contributed by atoms with Gasteiger partial charge in [-0.2, -0.15) is 0 Å². The van der Waals surface area contributed by atoms with E-state index in [1.54, 1.807) is 4.90 Å². The minimum absolute atomic E-state index is 0.142. The van der Waals surface area contributed by atoms with Crippen LogP contribution in [0.15, 0.2) is 28.7 Å². The normalized spacial score (nSPS) is 23.0. The van der Waals surface area contributed by atoms with Crippen LogP contribution < -0.4 is 0 Å². The lowest BCUT2D eigenvalue weighted by molar-refractivity contribution is -0.00842. The fraction of sp³-hybridized carbons (Fsp3) is 0.562. The highest BCUT2D eigenvalue weighted by atomic mass is 79.9. The molecule has 0 radical (unpaired) electrons. The molecule has 21 heavy (non-hydrogen) atoms. The van der Waals surface area contributed by atoms with E-state index in [0.29, 0.717) is 19.4 Å². The number of amides is 1. The summed E-state index contributed by atoms with van der Waals surface area (Å²) in [7, 11) is 0. The van der Waals surface area contributed by atoms with Gasteiger partial charge in [0.1, 0.15) is 5.60 Å². The molecule has 2 atom stereocenters. The van der Waals surface area contributed by atoms with Gasteiger partial charge in [-0.05, 0) is 51.3 Å². The van der Waals surface area contributed by atoms with Gasteiger partial charge in [0.05, 0.1) is 12.1 Å². The molecule has 1 aromatic carbocycles. The number of piperidine rings is 1. The molecule has 0 bridgehead atoms. The number of aliphatic hydroxyl groups is 1. The van der Waals surface area contributed by atoms with Gasteiger partial charge < -0.3 is 14.7 Å². The van der Waals surface area contributed by atoms with E-state index >= 15 is 0 Å². The second-order valence-corrected chi connectivity index (χ2v) is 7.33. The van der Waals surface area contributed by atoms with Crippen LogP contribution in [-0.2, 0) is 4.74 Å². The molecule has 0 spiro atoms. The maximum absolute atomic E-state index is 12.4. The van der Waals surface area contributed by atoms with Crippen LogP contribution in [0, 0.1) is 0 Å². The summed E-state index contributed by atoms with van der Waals surface area (Å²) in [6.07, 6.45) is 0.437. The summed E-state index contributed by atoms with van der Waals surface area (Å²) in [5.41, 5.74) is 0.500. The van der Waals surface area contributed by atoms with E-state index in [0.717, 1.165) is 10.0 Å². The van der Waals surface area contributed by atoms with Crippen LogP contribution in [0.1, 0.15) is 45.2 Å². The second-order valence-electron chi connectivity index (χ2n) is 6.42. The van der Waals surface area contributed by atoms with Crippen LogP contribution in [0.25, 0.3) is 0 Å². The average Bonchev–Trinajstić information content (AvgIpc) is 2.37. The predicted octanol–water partition coefficient (Wildman–Crippen LogP) is 3.88. The Labute approximate surface area is 134 Å². The lowest BCUT2D eigenvalue weighted by Gasteiger charge is -2.38. The molecule has 2 unspecified atom stereocenters. The van der Waals surface area contributed by atoms with Crippen LogP contribution in [0.4, 0.5) is 4.79 Å². The van der Waals surface area contributed by atoms with E-state index in [4.69, 9.17) is 4.74 Å². The van der Waals surface area contributed by atoms with Gasteiger partial charge in [0.25, 0.3) is 0 Å². The Morgan fingerprint density at radius 3 is 2.52 bits per heavy atom. The molecule has 1 N–H and O–H groups in total. The Bertz CT molecular complexity index is 495. The van der Waals surface area contributed by atoms with Crippen molar-refractivity contribution in [3.05, 3.63) is 34.3 Å². The first-order valence-corrected chi connectivity index (χ1v) is 7.99. The van der Waals surface area contributed by atoms with Gasteiger partial charge in [0.15, 0.2) is 0 Å². The van der Waals surface area contributed by atoms with Gasteiger partial charge in [0, 0.05) is 11.0 Å². The summed E-state index contributed by atoms with van der Waals surface area (Å²) in [4.78, 5) is 14.1. The molecular formula is C16H22BrNO3. The third-order valence-corrected chi connectivity index (χ3v) is 3.99. The first-order chi connectivity index (χ1) is 9.76. The van der Waals surface area contributed by atoms with Gasteiger partial charge in [-0.3, -0.25) is 0 Å².